The van der Waals surface area contributed by atoms with Crippen molar-refractivity contribution in [1.29, 1.82) is 0 Å². The smallest absolute Gasteiger partial charge is 0.119 e. The van der Waals surface area contributed by atoms with Crippen molar-refractivity contribution in [1.82, 2.24) is 5.32 Å². The third kappa shape index (κ3) is 5.99. The van der Waals surface area contributed by atoms with Gasteiger partial charge in [-0.05, 0) is 68.8 Å². The molecule has 2 rings (SSSR count). The molecule has 21 heavy (non-hydrogen) atoms. The van der Waals surface area contributed by atoms with E-state index in [0.717, 1.165) is 35.7 Å². The summed E-state index contributed by atoms with van der Waals surface area (Å²) in [5, 5.41) is 3.76. The molecule has 0 saturated heterocycles. The fraction of sp³-hybridized carbons (Fsp3) is 0.667. The number of ether oxygens (including phenoxy) is 1. The van der Waals surface area contributed by atoms with Crippen LogP contribution in [0.4, 0.5) is 0 Å². The van der Waals surface area contributed by atoms with Crippen LogP contribution in [0.15, 0.2) is 28.7 Å². The van der Waals surface area contributed by atoms with Crippen molar-refractivity contribution in [2.24, 2.45) is 5.92 Å². The van der Waals surface area contributed by atoms with E-state index in [-0.39, 0.29) is 0 Å². The standard InChI is InChI=1S/C18H28BrNO/c1-2-13-20-18(15-6-3-4-7-15)8-5-14-21-17-11-9-16(19)10-12-17/h9-12,15,18,20H,2-8,13-14H2,1H3. The minimum Gasteiger partial charge on any atom is -0.494 e. The van der Waals surface area contributed by atoms with E-state index in [1.165, 1.54) is 38.5 Å². The topological polar surface area (TPSA) is 21.3 Å². The van der Waals surface area contributed by atoms with Gasteiger partial charge in [0, 0.05) is 10.5 Å². The maximum atomic E-state index is 5.83. The summed E-state index contributed by atoms with van der Waals surface area (Å²) in [6.45, 7) is 4.21. The second-order valence-electron chi connectivity index (χ2n) is 6.05. The molecule has 0 amide bonds. The highest BCUT2D eigenvalue weighted by molar-refractivity contribution is 9.10. The first-order valence-corrected chi connectivity index (χ1v) is 9.20. The van der Waals surface area contributed by atoms with E-state index in [0.29, 0.717) is 6.04 Å². The van der Waals surface area contributed by atoms with Crippen LogP contribution in [0.3, 0.4) is 0 Å². The van der Waals surface area contributed by atoms with Gasteiger partial charge in [0.2, 0.25) is 0 Å². The Bertz CT molecular complexity index is 387. The average Bonchev–Trinajstić information content (AvgIpc) is 3.02. The normalized spacial score (nSPS) is 17.0. The summed E-state index contributed by atoms with van der Waals surface area (Å²) in [6.07, 6.45) is 9.26. The van der Waals surface area contributed by atoms with Crippen LogP contribution in [0.2, 0.25) is 0 Å². The molecule has 1 aliphatic carbocycles. The number of benzene rings is 1. The van der Waals surface area contributed by atoms with E-state index in [1.807, 2.05) is 24.3 Å². The van der Waals surface area contributed by atoms with Crippen molar-refractivity contribution in [3.8, 4) is 5.75 Å². The van der Waals surface area contributed by atoms with Crippen LogP contribution in [0, 0.1) is 5.92 Å². The molecule has 1 aromatic carbocycles. The van der Waals surface area contributed by atoms with Gasteiger partial charge in [0.05, 0.1) is 6.61 Å². The lowest BCUT2D eigenvalue weighted by molar-refractivity contribution is 0.272. The van der Waals surface area contributed by atoms with Crippen molar-refractivity contribution in [3.63, 3.8) is 0 Å². The first-order chi connectivity index (χ1) is 10.3. The van der Waals surface area contributed by atoms with Gasteiger partial charge in [-0.25, -0.2) is 0 Å². The van der Waals surface area contributed by atoms with E-state index in [1.54, 1.807) is 0 Å². The lowest BCUT2D eigenvalue weighted by Gasteiger charge is -2.24. The number of hydrogen-bond acceptors (Lipinski definition) is 2. The molecule has 1 N–H and O–H groups in total. The summed E-state index contributed by atoms with van der Waals surface area (Å²) in [7, 11) is 0. The molecular weight excluding hydrogens is 326 g/mol. The molecule has 0 heterocycles. The molecule has 1 fully saturated rings. The Morgan fingerprint density at radius 3 is 2.62 bits per heavy atom. The molecule has 1 aromatic rings. The molecule has 0 spiro atoms. The van der Waals surface area contributed by atoms with Crippen LogP contribution in [0.1, 0.15) is 51.9 Å². The van der Waals surface area contributed by atoms with Crippen molar-refractivity contribution < 1.29 is 4.74 Å². The second kappa shape index (κ2) is 9.47. The van der Waals surface area contributed by atoms with Crippen LogP contribution in [0.25, 0.3) is 0 Å². The molecule has 1 aliphatic rings. The fourth-order valence-corrected chi connectivity index (χ4v) is 3.48. The molecule has 1 unspecified atom stereocenters. The number of halogens is 1. The molecular formula is C18H28BrNO. The van der Waals surface area contributed by atoms with Gasteiger partial charge in [0.1, 0.15) is 5.75 Å². The van der Waals surface area contributed by atoms with Gasteiger partial charge in [-0.3, -0.25) is 0 Å². The van der Waals surface area contributed by atoms with Crippen molar-refractivity contribution in [2.45, 2.75) is 57.9 Å². The van der Waals surface area contributed by atoms with Crippen LogP contribution in [0.5, 0.6) is 5.75 Å². The van der Waals surface area contributed by atoms with Gasteiger partial charge in [0.15, 0.2) is 0 Å². The molecule has 118 valence electrons. The molecule has 1 atom stereocenters. The Hall–Kier alpha value is -0.540. The summed E-state index contributed by atoms with van der Waals surface area (Å²) in [6, 6.07) is 8.79. The monoisotopic (exact) mass is 353 g/mol. The average molecular weight is 354 g/mol. The van der Waals surface area contributed by atoms with E-state index in [2.05, 4.69) is 28.2 Å². The lowest BCUT2D eigenvalue weighted by atomic mass is 9.94. The maximum absolute atomic E-state index is 5.83. The zero-order valence-electron chi connectivity index (χ0n) is 13.1. The first-order valence-electron chi connectivity index (χ1n) is 8.41. The third-order valence-electron chi connectivity index (χ3n) is 4.37. The molecule has 1 saturated carbocycles. The Balaban J connectivity index is 1.69. The largest absolute Gasteiger partial charge is 0.494 e. The van der Waals surface area contributed by atoms with E-state index >= 15 is 0 Å². The third-order valence-corrected chi connectivity index (χ3v) is 4.90. The van der Waals surface area contributed by atoms with Crippen LogP contribution < -0.4 is 10.1 Å². The highest BCUT2D eigenvalue weighted by Crippen LogP contribution is 2.29. The van der Waals surface area contributed by atoms with E-state index in [4.69, 9.17) is 4.74 Å². The van der Waals surface area contributed by atoms with Gasteiger partial charge in [-0.2, -0.15) is 0 Å². The zero-order valence-corrected chi connectivity index (χ0v) is 14.7. The SMILES string of the molecule is CCCNC(CCCOc1ccc(Br)cc1)C1CCCC1. The summed E-state index contributed by atoms with van der Waals surface area (Å²) < 4.78 is 6.93. The van der Waals surface area contributed by atoms with Gasteiger partial charge in [-0.1, -0.05) is 35.7 Å². The minimum atomic E-state index is 0.695. The van der Waals surface area contributed by atoms with Crippen LogP contribution in [-0.4, -0.2) is 19.2 Å². The summed E-state index contributed by atoms with van der Waals surface area (Å²) in [5.41, 5.74) is 0. The molecule has 3 heteroatoms. The Morgan fingerprint density at radius 1 is 1.24 bits per heavy atom. The van der Waals surface area contributed by atoms with E-state index in [9.17, 15) is 0 Å². The van der Waals surface area contributed by atoms with Crippen molar-refractivity contribution in [2.75, 3.05) is 13.2 Å². The predicted molar refractivity (Wildman–Crippen MR) is 92.9 cm³/mol. The molecule has 0 aliphatic heterocycles. The summed E-state index contributed by atoms with van der Waals surface area (Å²) >= 11 is 3.44. The predicted octanol–water partition coefficient (Wildman–Crippen LogP) is 5.17. The molecule has 2 nitrogen and oxygen atoms in total. The quantitative estimate of drug-likeness (QED) is 0.618. The molecule has 0 aromatic heterocycles. The van der Waals surface area contributed by atoms with Crippen molar-refractivity contribution >= 4 is 15.9 Å². The number of rotatable bonds is 9. The Morgan fingerprint density at radius 2 is 1.95 bits per heavy atom. The summed E-state index contributed by atoms with van der Waals surface area (Å²) in [4.78, 5) is 0. The van der Waals surface area contributed by atoms with Gasteiger partial charge < -0.3 is 10.1 Å². The zero-order chi connectivity index (χ0) is 14.9. The van der Waals surface area contributed by atoms with Crippen LogP contribution >= 0.6 is 15.9 Å². The highest BCUT2D eigenvalue weighted by atomic mass is 79.9. The van der Waals surface area contributed by atoms with Crippen LogP contribution in [-0.2, 0) is 0 Å². The maximum Gasteiger partial charge on any atom is 0.119 e. The first kappa shape index (κ1) is 16.8. The van der Waals surface area contributed by atoms with E-state index < -0.39 is 0 Å². The number of nitrogens with one attached hydrogen (secondary N) is 1. The highest BCUT2D eigenvalue weighted by Gasteiger charge is 2.23. The minimum absolute atomic E-state index is 0.695. The Kier molecular flexibility index (Phi) is 7.59. The second-order valence-corrected chi connectivity index (χ2v) is 6.97. The van der Waals surface area contributed by atoms with Crippen molar-refractivity contribution in [3.05, 3.63) is 28.7 Å². The Labute approximate surface area is 137 Å². The van der Waals surface area contributed by atoms with Gasteiger partial charge in [-0.15, -0.1) is 0 Å². The van der Waals surface area contributed by atoms with Gasteiger partial charge in [0.25, 0.3) is 0 Å². The molecule has 0 radical (unpaired) electrons. The number of hydrogen-bond donors (Lipinski definition) is 1. The summed E-state index contributed by atoms with van der Waals surface area (Å²) in [5.74, 6) is 1.86. The molecule has 0 bridgehead atoms. The van der Waals surface area contributed by atoms with Gasteiger partial charge >= 0.3 is 0 Å². The fourth-order valence-electron chi connectivity index (χ4n) is 3.22. The lowest BCUT2D eigenvalue weighted by Crippen LogP contribution is -2.36.